The van der Waals surface area contributed by atoms with Crippen molar-refractivity contribution >= 4 is 22.9 Å². The molecule has 0 saturated carbocycles. The van der Waals surface area contributed by atoms with Crippen LogP contribution in [0, 0.1) is 0 Å². The lowest BCUT2D eigenvalue weighted by atomic mass is 10.3. The number of rotatable bonds is 6. The van der Waals surface area contributed by atoms with Crippen molar-refractivity contribution in [2.45, 2.75) is 32.7 Å². The van der Waals surface area contributed by atoms with E-state index >= 15 is 0 Å². The molecule has 0 aliphatic carbocycles. The summed E-state index contributed by atoms with van der Waals surface area (Å²) in [6, 6.07) is 0. The SMILES string of the molecule is CCCc1nc(Cn2cc(CCCl)nn2)cs1. The molecule has 0 aromatic carbocycles. The van der Waals surface area contributed by atoms with Gasteiger partial charge in [-0.05, 0) is 12.8 Å². The highest BCUT2D eigenvalue weighted by molar-refractivity contribution is 7.09. The standard InChI is InChI=1S/C11H15ClN4S/c1-2-3-11-13-10(8-17-11)7-16-6-9(4-5-12)14-15-16/h6,8H,2-5,7H2,1H3. The van der Waals surface area contributed by atoms with Gasteiger partial charge in [-0.15, -0.1) is 28.0 Å². The molecule has 0 aliphatic rings. The molecule has 0 N–H and O–H groups in total. The Labute approximate surface area is 110 Å². The number of alkyl halides is 1. The summed E-state index contributed by atoms with van der Waals surface area (Å²) in [5, 5.41) is 11.4. The van der Waals surface area contributed by atoms with Gasteiger partial charge in [0.05, 0.1) is 22.9 Å². The van der Waals surface area contributed by atoms with Gasteiger partial charge in [0.1, 0.15) is 0 Å². The molecule has 2 heterocycles. The number of hydrogen-bond donors (Lipinski definition) is 0. The molecule has 4 nitrogen and oxygen atoms in total. The third-order valence-electron chi connectivity index (χ3n) is 2.32. The zero-order chi connectivity index (χ0) is 12.1. The van der Waals surface area contributed by atoms with E-state index in [4.69, 9.17) is 11.6 Å². The summed E-state index contributed by atoms with van der Waals surface area (Å²) in [5.74, 6) is 0.579. The summed E-state index contributed by atoms with van der Waals surface area (Å²) in [7, 11) is 0. The van der Waals surface area contributed by atoms with Crippen molar-refractivity contribution in [2.75, 3.05) is 5.88 Å². The monoisotopic (exact) mass is 270 g/mol. The van der Waals surface area contributed by atoms with Gasteiger partial charge in [0.15, 0.2) is 0 Å². The van der Waals surface area contributed by atoms with Crippen LogP contribution in [0.2, 0.25) is 0 Å². The predicted molar refractivity (Wildman–Crippen MR) is 69.7 cm³/mol. The summed E-state index contributed by atoms with van der Waals surface area (Å²) in [6.07, 6.45) is 4.89. The summed E-state index contributed by atoms with van der Waals surface area (Å²) in [5.41, 5.74) is 1.99. The Hall–Kier alpha value is -0.940. The zero-order valence-corrected chi connectivity index (χ0v) is 11.3. The molecule has 0 atom stereocenters. The maximum absolute atomic E-state index is 5.66. The van der Waals surface area contributed by atoms with Crippen molar-refractivity contribution in [2.24, 2.45) is 0 Å². The second-order valence-corrected chi connectivity index (χ2v) is 5.15. The van der Waals surface area contributed by atoms with E-state index in [2.05, 4.69) is 27.6 Å². The van der Waals surface area contributed by atoms with Gasteiger partial charge in [-0.3, -0.25) is 0 Å². The van der Waals surface area contributed by atoms with E-state index in [0.717, 1.165) is 30.7 Å². The Morgan fingerprint density at radius 3 is 3.00 bits per heavy atom. The summed E-state index contributed by atoms with van der Waals surface area (Å²) < 4.78 is 1.81. The minimum absolute atomic E-state index is 0.579. The fourth-order valence-corrected chi connectivity index (χ4v) is 2.63. The van der Waals surface area contributed by atoms with Crippen LogP contribution in [0.4, 0.5) is 0 Å². The smallest absolute Gasteiger partial charge is 0.0928 e. The Balaban J connectivity index is 1.98. The topological polar surface area (TPSA) is 43.6 Å². The van der Waals surface area contributed by atoms with Crippen LogP contribution in [-0.4, -0.2) is 25.9 Å². The highest BCUT2D eigenvalue weighted by Crippen LogP contribution is 2.12. The predicted octanol–water partition coefficient (Wildman–Crippen LogP) is 2.52. The molecule has 0 aliphatic heterocycles. The van der Waals surface area contributed by atoms with Crippen LogP contribution < -0.4 is 0 Å². The molecule has 92 valence electrons. The first-order valence-corrected chi connectivity index (χ1v) is 7.11. The average Bonchev–Trinajstić information content (AvgIpc) is 2.91. The van der Waals surface area contributed by atoms with Crippen LogP contribution >= 0.6 is 22.9 Å². The lowest BCUT2D eigenvalue weighted by Crippen LogP contribution is -2.01. The minimum Gasteiger partial charge on any atom is -0.246 e. The number of thiazole rings is 1. The van der Waals surface area contributed by atoms with Crippen molar-refractivity contribution in [3.8, 4) is 0 Å². The molecule has 0 saturated heterocycles. The Morgan fingerprint density at radius 2 is 2.24 bits per heavy atom. The minimum atomic E-state index is 0.579. The number of halogens is 1. The maximum atomic E-state index is 5.66. The summed E-state index contributed by atoms with van der Waals surface area (Å²) >= 11 is 7.37. The quantitative estimate of drug-likeness (QED) is 0.758. The number of aromatic nitrogens is 4. The lowest BCUT2D eigenvalue weighted by Gasteiger charge is -1.95. The molecular weight excluding hydrogens is 256 g/mol. The molecule has 0 radical (unpaired) electrons. The Kier molecular flexibility index (Phi) is 4.50. The van der Waals surface area contributed by atoms with E-state index < -0.39 is 0 Å². The highest BCUT2D eigenvalue weighted by Gasteiger charge is 2.04. The first kappa shape index (κ1) is 12.5. The molecule has 0 spiro atoms. The molecule has 17 heavy (non-hydrogen) atoms. The van der Waals surface area contributed by atoms with E-state index in [0.29, 0.717) is 12.4 Å². The summed E-state index contributed by atoms with van der Waals surface area (Å²) in [4.78, 5) is 4.55. The molecule has 2 aromatic heterocycles. The summed E-state index contributed by atoms with van der Waals surface area (Å²) in [6.45, 7) is 2.85. The van der Waals surface area contributed by atoms with Crippen LogP contribution in [0.3, 0.4) is 0 Å². The van der Waals surface area contributed by atoms with Gasteiger partial charge in [0.25, 0.3) is 0 Å². The third kappa shape index (κ3) is 3.51. The van der Waals surface area contributed by atoms with Crippen LogP contribution in [0.15, 0.2) is 11.6 Å². The molecule has 0 amide bonds. The van der Waals surface area contributed by atoms with Gasteiger partial charge in [-0.1, -0.05) is 12.1 Å². The van der Waals surface area contributed by atoms with Crippen molar-refractivity contribution in [3.05, 3.63) is 28.0 Å². The van der Waals surface area contributed by atoms with Gasteiger partial charge in [-0.2, -0.15) is 0 Å². The molecule has 0 bridgehead atoms. The molecule has 6 heteroatoms. The fourth-order valence-electron chi connectivity index (χ4n) is 1.54. The van der Waals surface area contributed by atoms with Gasteiger partial charge in [0, 0.05) is 23.9 Å². The number of nitrogens with zero attached hydrogens (tertiary/aromatic N) is 4. The zero-order valence-electron chi connectivity index (χ0n) is 9.77. The molecule has 2 rings (SSSR count). The maximum Gasteiger partial charge on any atom is 0.0928 e. The molecular formula is C11H15ClN4S. The van der Waals surface area contributed by atoms with E-state index in [-0.39, 0.29) is 0 Å². The van der Waals surface area contributed by atoms with Crippen molar-refractivity contribution in [3.63, 3.8) is 0 Å². The second kappa shape index (κ2) is 6.12. The third-order valence-corrected chi connectivity index (χ3v) is 3.47. The van der Waals surface area contributed by atoms with E-state index in [1.165, 1.54) is 5.01 Å². The normalized spacial score (nSPS) is 10.9. The Bertz CT molecular complexity index is 423. The molecule has 0 unspecified atom stereocenters. The van der Waals surface area contributed by atoms with Crippen molar-refractivity contribution < 1.29 is 0 Å². The van der Waals surface area contributed by atoms with Crippen molar-refractivity contribution in [1.82, 2.24) is 20.0 Å². The van der Waals surface area contributed by atoms with E-state index in [9.17, 15) is 0 Å². The van der Waals surface area contributed by atoms with Gasteiger partial charge in [0.2, 0.25) is 0 Å². The van der Waals surface area contributed by atoms with Crippen LogP contribution in [0.5, 0.6) is 0 Å². The first-order chi connectivity index (χ1) is 8.31. The van der Waals surface area contributed by atoms with E-state index in [1.807, 2.05) is 10.9 Å². The van der Waals surface area contributed by atoms with Crippen molar-refractivity contribution in [1.29, 1.82) is 0 Å². The van der Waals surface area contributed by atoms with Gasteiger partial charge >= 0.3 is 0 Å². The van der Waals surface area contributed by atoms with Gasteiger partial charge < -0.3 is 0 Å². The highest BCUT2D eigenvalue weighted by atomic mass is 35.5. The van der Waals surface area contributed by atoms with Crippen LogP contribution in [0.1, 0.15) is 29.7 Å². The van der Waals surface area contributed by atoms with Crippen LogP contribution in [-0.2, 0) is 19.4 Å². The average molecular weight is 271 g/mol. The molecule has 0 fully saturated rings. The number of aryl methyl sites for hydroxylation is 2. The van der Waals surface area contributed by atoms with Crippen LogP contribution in [0.25, 0.3) is 0 Å². The molecule has 2 aromatic rings. The first-order valence-electron chi connectivity index (χ1n) is 5.70. The fraction of sp³-hybridized carbons (Fsp3) is 0.545. The Morgan fingerprint density at radius 1 is 1.35 bits per heavy atom. The lowest BCUT2D eigenvalue weighted by molar-refractivity contribution is 0.639. The largest absolute Gasteiger partial charge is 0.246 e. The van der Waals surface area contributed by atoms with E-state index in [1.54, 1.807) is 11.3 Å². The number of hydrogen-bond acceptors (Lipinski definition) is 4. The second-order valence-electron chi connectivity index (χ2n) is 3.83. The van der Waals surface area contributed by atoms with Gasteiger partial charge in [-0.25, -0.2) is 9.67 Å².